The molecule has 1 aromatic carbocycles. The molecule has 0 saturated heterocycles. The minimum atomic E-state index is -3.66. The number of carboxylic acid groups (broad SMARTS) is 1. The second-order valence-corrected chi connectivity index (χ2v) is 7.50. The number of rotatable bonds is 3. The zero-order chi connectivity index (χ0) is 15.9. The van der Waals surface area contributed by atoms with E-state index in [1.807, 2.05) is 0 Å². The first-order chi connectivity index (χ1) is 10.4. The Morgan fingerprint density at radius 2 is 2.00 bits per heavy atom. The standard InChI is InChI=1S/C13H10O7S2/c1-7-5-8-9(19-13(18-8)20-12(14)15)6-10(7)22(16,17)11-3-2-4-21-11/h2-6,13H,1H3,(H,14,15). The van der Waals surface area contributed by atoms with Crippen molar-refractivity contribution in [3.8, 4) is 11.5 Å². The highest BCUT2D eigenvalue weighted by Gasteiger charge is 2.31. The third kappa shape index (κ3) is 2.48. The average Bonchev–Trinajstić information content (AvgIpc) is 3.05. The van der Waals surface area contributed by atoms with Gasteiger partial charge in [0, 0.05) is 6.07 Å². The van der Waals surface area contributed by atoms with Crippen molar-refractivity contribution < 1.29 is 32.5 Å². The van der Waals surface area contributed by atoms with Gasteiger partial charge >= 0.3 is 12.6 Å². The van der Waals surface area contributed by atoms with Crippen LogP contribution in [0.1, 0.15) is 5.56 Å². The minimum Gasteiger partial charge on any atom is -0.450 e. The van der Waals surface area contributed by atoms with Gasteiger partial charge in [0.25, 0.3) is 0 Å². The first kappa shape index (κ1) is 14.7. The van der Waals surface area contributed by atoms with Crippen molar-refractivity contribution in [2.45, 2.75) is 22.5 Å². The van der Waals surface area contributed by atoms with Crippen LogP contribution in [-0.2, 0) is 14.6 Å². The highest BCUT2D eigenvalue weighted by Crippen LogP contribution is 2.40. The van der Waals surface area contributed by atoms with E-state index in [1.54, 1.807) is 18.4 Å². The first-order valence-corrected chi connectivity index (χ1v) is 8.40. The molecule has 0 amide bonds. The van der Waals surface area contributed by atoms with Crippen LogP contribution in [0, 0.1) is 6.92 Å². The van der Waals surface area contributed by atoms with Crippen LogP contribution < -0.4 is 9.47 Å². The van der Waals surface area contributed by atoms with Gasteiger partial charge in [-0.25, -0.2) is 13.2 Å². The Balaban J connectivity index is 1.99. The summed E-state index contributed by atoms with van der Waals surface area (Å²) in [5.41, 5.74) is 0.465. The molecule has 0 spiro atoms. The lowest BCUT2D eigenvalue weighted by molar-refractivity contribution is -0.147. The number of ether oxygens (including phenoxy) is 3. The summed E-state index contributed by atoms with van der Waals surface area (Å²) in [4.78, 5) is 10.6. The summed E-state index contributed by atoms with van der Waals surface area (Å²) in [6.45, 7) is 0.182. The Bertz CT molecular complexity index is 824. The lowest BCUT2D eigenvalue weighted by Crippen LogP contribution is -2.24. The lowest BCUT2D eigenvalue weighted by atomic mass is 10.2. The molecule has 0 fully saturated rings. The molecule has 1 aliphatic rings. The number of carbonyl (C=O) groups is 1. The highest BCUT2D eigenvalue weighted by atomic mass is 32.2. The number of fused-ring (bicyclic) bond motifs is 1. The Morgan fingerprint density at radius 3 is 2.59 bits per heavy atom. The molecule has 0 aliphatic carbocycles. The van der Waals surface area contributed by atoms with Gasteiger partial charge in [-0.3, -0.25) is 0 Å². The van der Waals surface area contributed by atoms with Gasteiger partial charge in [-0.2, -0.15) is 0 Å². The molecule has 116 valence electrons. The Morgan fingerprint density at radius 1 is 1.32 bits per heavy atom. The van der Waals surface area contributed by atoms with Crippen LogP contribution in [-0.4, -0.2) is 26.2 Å². The monoisotopic (exact) mass is 342 g/mol. The molecule has 1 aromatic heterocycles. The molecular formula is C13H10O7S2. The molecule has 22 heavy (non-hydrogen) atoms. The van der Waals surface area contributed by atoms with Crippen LogP contribution in [0.4, 0.5) is 4.79 Å². The Kier molecular flexibility index (Phi) is 3.45. The van der Waals surface area contributed by atoms with E-state index >= 15 is 0 Å². The zero-order valence-corrected chi connectivity index (χ0v) is 12.8. The second kappa shape index (κ2) is 5.18. The number of aryl methyl sites for hydroxylation is 1. The summed E-state index contributed by atoms with van der Waals surface area (Å²) >= 11 is 1.11. The number of benzene rings is 1. The molecule has 1 unspecified atom stereocenters. The van der Waals surface area contributed by atoms with E-state index in [1.165, 1.54) is 18.2 Å². The van der Waals surface area contributed by atoms with Crippen LogP contribution in [0.5, 0.6) is 11.5 Å². The second-order valence-electron chi connectivity index (χ2n) is 4.41. The molecule has 1 N–H and O–H groups in total. The fourth-order valence-corrected chi connectivity index (χ4v) is 4.61. The van der Waals surface area contributed by atoms with E-state index in [0.717, 1.165) is 11.3 Å². The number of sulfone groups is 1. The van der Waals surface area contributed by atoms with Gasteiger partial charge in [0.15, 0.2) is 11.5 Å². The molecule has 9 heteroatoms. The molecule has 0 saturated carbocycles. The predicted molar refractivity (Wildman–Crippen MR) is 75.1 cm³/mol. The van der Waals surface area contributed by atoms with E-state index in [0.29, 0.717) is 5.56 Å². The highest BCUT2D eigenvalue weighted by molar-refractivity contribution is 7.93. The van der Waals surface area contributed by atoms with E-state index < -0.39 is 22.5 Å². The third-order valence-electron chi connectivity index (χ3n) is 2.93. The average molecular weight is 342 g/mol. The lowest BCUT2D eigenvalue weighted by Gasteiger charge is -2.07. The van der Waals surface area contributed by atoms with Crippen molar-refractivity contribution in [2.75, 3.05) is 0 Å². The summed E-state index contributed by atoms with van der Waals surface area (Å²) in [5.74, 6) is 0.348. The number of thiophene rings is 1. The van der Waals surface area contributed by atoms with Crippen LogP contribution >= 0.6 is 11.3 Å². The SMILES string of the molecule is Cc1cc2c(cc1S(=O)(=O)c1cccs1)OC(OC(=O)O)O2. The van der Waals surface area contributed by atoms with E-state index in [9.17, 15) is 13.2 Å². The molecule has 0 radical (unpaired) electrons. The van der Waals surface area contributed by atoms with Gasteiger partial charge in [-0.1, -0.05) is 6.07 Å². The van der Waals surface area contributed by atoms with Gasteiger partial charge in [-0.15, -0.1) is 11.3 Å². The fourth-order valence-electron chi connectivity index (χ4n) is 2.00. The maximum atomic E-state index is 12.6. The van der Waals surface area contributed by atoms with Gasteiger partial charge in [0.2, 0.25) is 9.84 Å². The number of hydrogen-bond donors (Lipinski definition) is 1. The van der Waals surface area contributed by atoms with Crippen molar-refractivity contribution in [2.24, 2.45) is 0 Å². The Labute approximate surface area is 129 Å². The summed E-state index contributed by atoms with van der Waals surface area (Å²) in [6, 6.07) is 5.95. The molecule has 2 heterocycles. The molecule has 1 atom stereocenters. The van der Waals surface area contributed by atoms with Crippen LogP contribution in [0.3, 0.4) is 0 Å². The van der Waals surface area contributed by atoms with E-state index in [2.05, 4.69) is 4.74 Å². The third-order valence-corrected chi connectivity index (χ3v) is 6.23. The fraction of sp³-hybridized carbons (Fsp3) is 0.154. The zero-order valence-electron chi connectivity index (χ0n) is 11.2. The number of hydrogen-bond acceptors (Lipinski definition) is 7. The van der Waals surface area contributed by atoms with Gasteiger partial charge in [0.1, 0.15) is 4.21 Å². The minimum absolute atomic E-state index is 0.0771. The molecule has 3 rings (SSSR count). The normalized spacial score (nSPS) is 16.5. The summed E-state index contributed by atoms with van der Waals surface area (Å²) < 4.78 is 40.0. The van der Waals surface area contributed by atoms with Crippen molar-refractivity contribution in [1.82, 2.24) is 0 Å². The van der Waals surface area contributed by atoms with Crippen molar-refractivity contribution in [1.29, 1.82) is 0 Å². The Hall–Kier alpha value is -2.26. The molecule has 1 aliphatic heterocycles. The quantitative estimate of drug-likeness (QED) is 0.856. The smallest absolute Gasteiger partial charge is 0.450 e. The molecular weight excluding hydrogens is 332 g/mol. The van der Waals surface area contributed by atoms with Crippen LogP contribution in [0.25, 0.3) is 0 Å². The van der Waals surface area contributed by atoms with E-state index in [4.69, 9.17) is 14.6 Å². The van der Waals surface area contributed by atoms with Gasteiger partial charge < -0.3 is 19.3 Å². The predicted octanol–water partition coefficient (Wildman–Crippen LogP) is 2.64. The van der Waals surface area contributed by atoms with Crippen LogP contribution in [0.15, 0.2) is 38.8 Å². The first-order valence-electron chi connectivity index (χ1n) is 6.04. The van der Waals surface area contributed by atoms with Crippen molar-refractivity contribution in [3.63, 3.8) is 0 Å². The summed E-state index contributed by atoms with van der Waals surface area (Å²) in [5, 5.41) is 10.2. The summed E-state index contributed by atoms with van der Waals surface area (Å²) in [7, 11) is -3.66. The molecule has 2 aromatic rings. The molecule has 0 bridgehead atoms. The summed E-state index contributed by atoms with van der Waals surface area (Å²) in [6.07, 6.45) is -1.55. The van der Waals surface area contributed by atoms with Gasteiger partial charge in [-0.05, 0) is 30.0 Å². The molecule has 7 nitrogen and oxygen atoms in total. The largest absolute Gasteiger partial charge is 0.511 e. The van der Waals surface area contributed by atoms with E-state index in [-0.39, 0.29) is 20.6 Å². The maximum Gasteiger partial charge on any atom is 0.511 e. The van der Waals surface area contributed by atoms with Crippen molar-refractivity contribution in [3.05, 3.63) is 35.2 Å². The van der Waals surface area contributed by atoms with Crippen LogP contribution in [0.2, 0.25) is 0 Å². The topological polar surface area (TPSA) is 99.1 Å². The maximum absolute atomic E-state index is 12.6. The van der Waals surface area contributed by atoms with Gasteiger partial charge in [0.05, 0.1) is 4.90 Å². The van der Waals surface area contributed by atoms with Crippen molar-refractivity contribution >= 4 is 27.3 Å².